The zero-order valence-corrected chi connectivity index (χ0v) is 11.5. The molecule has 0 N–H and O–H groups in total. The lowest BCUT2D eigenvalue weighted by molar-refractivity contribution is 0.632. The van der Waals surface area contributed by atoms with Crippen molar-refractivity contribution in [2.45, 2.75) is 0 Å². The molecule has 104 valence electrons. The fourth-order valence-corrected chi connectivity index (χ4v) is 2.75. The monoisotopic (exact) mass is 286 g/mol. The summed E-state index contributed by atoms with van der Waals surface area (Å²) in [6.07, 6.45) is 5.07. The van der Waals surface area contributed by atoms with E-state index in [4.69, 9.17) is 4.42 Å². The molecule has 0 spiro atoms. The first kappa shape index (κ1) is 11.4. The van der Waals surface area contributed by atoms with Crippen LogP contribution in [0.5, 0.6) is 0 Å². The van der Waals surface area contributed by atoms with Gasteiger partial charge < -0.3 is 4.42 Å². The molecule has 0 atom stereocenters. The maximum absolute atomic E-state index is 6.07. The summed E-state index contributed by atoms with van der Waals surface area (Å²) in [5.41, 5.74) is 1.61. The SMILES string of the molecule is c1ccc2c(c1)ccc1cc(-c3cn4nccnc4n3)oc12. The number of aromatic nitrogens is 4. The first-order chi connectivity index (χ1) is 10.9. The molecule has 0 unspecified atom stereocenters. The van der Waals surface area contributed by atoms with Crippen LogP contribution in [0.2, 0.25) is 0 Å². The van der Waals surface area contributed by atoms with E-state index in [-0.39, 0.29) is 0 Å². The second-order valence-electron chi connectivity index (χ2n) is 5.13. The molecule has 3 heterocycles. The highest BCUT2D eigenvalue weighted by Crippen LogP contribution is 2.32. The van der Waals surface area contributed by atoms with Crippen LogP contribution in [0.15, 0.2) is 65.5 Å². The van der Waals surface area contributed by atoms with Gasteiger partial charge in [-0.1, -0.05) is 36.4 Å². The van der Waals surface area contributed by atoms with E-state index in [1.807, 2.05) is 24.4 Å². The highest BCUT2D eigenvalue weighted by Gasteiger charge is 2.12. The quantitative estimate of drug-likeness (QED) is 0.471. The lowest BCUT2D eigenvalue weighted by atomic mass is 10.1. The van der Waals surface area contributed by atoms with Crippen molar-refractivity contribution < 1.29 is 4.42 Å². The smallest absolute Gasteiger partial charge is 0.251 e. The maximum Gasteiger partial charge on any atom is 0.251 e. The molecule has 5 nitrogen and oxygen atoms in total. The number of rotatable bonds is 1. The van der Waals surface area contributed by atoms with Crippen LogP contribution < -0.4 is 0 Å². The molecule has 2 aromatic carbocycles. The Labute approximate surface area is 124 Å². The number of hydrogen-bond acceptors (Lipinski definition) is 4. The minimum absolute atomic E-state index is 0.558. The average Bonchev–Trinajstić information content (AvgIpc) is 3.18. The van der Waals surface area contributed by atoms with Gasteiger partial charge in [-0.15, -0.1) is 0 Å². The number of imidazole rings is 1. The van der Waals surface area contributed by atoms with Gasteiger partial charge in [0.15, 0.2) is 5.76 Å². The van der Waals surface area contributed by atoms with Gasteiger partial charge in [0, 0.05) is 10.8 Å². The molecule has 22 heavy (non-hydrogen) atoms. The lowest BCUT2D eigenvalue weighted by Gasteiger charge is -1.96. The molecule has 0 aliphatic rings. The summed E-state index contributed by atoms with van der Waals surface area (Å²) in [5, 5.41) is 7.51. The van der Waals surface area contributed by atoms with Crippen molar-refractivity contribution in [1.82, 2.24) is 19.6 Å². The summed E-state index contributed by atoms with van der Waals surface area (Å²) in [5.74, 6) is 1.28. The first-order valence-electron chi connectivity index (χ1n) is 6.96. The summed E-state index contributed by atoms with van der Waals surface area (Å²) >= 11 is 0. The molecule has 0 radical (unpaired) electrons. The number of nitrogens with zero attached hydrogens (tertiary/aromatic N) is 4. The van der Waals surface area contributed by atoms with Gasteiger partial charge in [-0.25, -0.2) is 14.5 Å². The second-order valence-corrected chi connectivity index (χ2v) is 5.13. The van der Waals surface area contributed by atoms with Crippen LogP contribution in [0, 0.1) is 0 Å². The zero-order chi connectivity index (χ0) is 14.5. The van der Waals surface area contributed by atoms with Crippen LogP contribution in [-0.2, 0) is 0 Å². The largest absolute Gasteiger partial charge is 0.454 e. The summed E-state index contributed by atoms with van der Waals surface area (Å²) in [4.78, 5) is 8.63. The van der Waals surface area contributed by atoms with E-state index in [1.54, 1.807) is 16.9 Å². The van der Waals surface area contributed by atoms with E-state index < -0.39 is 0 Å². The predicted octanol–water partition coefficient (Wildman–Crippen LogP) is 3.69. The van der Waals surface area contributed by atoms with Gasteiger partial charge in [0.05, 0.1) is 18.6 Å². The maximum atomic E-state index is 6.07. The fraction of sp³-hybridized carbons (Fsp3) is 0. The summed E-state index contributed by atoms with van der Waals surface area (Å²) in [6, 6.07) is 14.4. The van der Waals surface area contributed by atoms with Gasteiger partial charge in [0.25, 0.3) is 5.78 Å². The van der Waals surface area contributed by atoms with Gasteiger partial charge in [-0.3, -0.25) is 0 Å². The Balaban J connectivity index is 1.79. The van der Waals surface area contributed by atoms with E-state index in [0.717, 1.165) is 33.2 Å². The molecule has 0 saturated heterocycles. The minimum atomic E-state index is 0.558. The minimum Gasteiger partial charge on any atom is -0.454 e. The Kier molecular flexibility index (Phi) is 2.16. The van der Waals surface area contributed by atoms with Gasteiger partial charge in [0.1, 0.15) is 11.3 Å². The molecule has 0 amide bonds. The lowest BCUT2D eigenvalue weighted by Crippen LogP contribution is -1.89. The van der Waals surface area contributed by atoms with Gasteiger partial charge in [-0.2, -0.15) is 5.10 Å². The highest BCUT2D eigenvalue weighted by molar-refractivity contribution is 6.05. The number of furan rings is 1. The van der Waals surface area contributed by atoms with Crippen LogP contribution in [0.4, 0.5) is 0 Å². The Bertz CT molecular complexity index is 1110. The van der Waals surface area contributed by atoms with E-state index in [0.29, 0.717) is 5.78 Å². The van der Waals surface area contributed by atoms with Gasteiger partial charge in [-0.05, 0) is 11.5 Å². The van der Waals surface area contributed by atoms with Crippen molar-refractivity contribution >= 4 is 27.5 Å². The normalized spacial score (nSPS) is 11.6. The van der Waals surface area contributed by atoms with Gasteiger partial charge >= 0.3 is 0 Å². The molecule has 0 aliphatic heterocycles. The second kappa shape index (κ2) is 4.14. The topological polar surface area (TPSA) is 56.2 Å². The van der Waals surface area contributed by atoms with Crippen LogP contribution >= 0.6 is 0 Å². The number of benzene rings is 2. The average molecular weight is 286 g/mol. The Hall–Kier alpha value is -3.21. The Morgan fingerprint density at radius 1 is 0.955 bits per heavy atom. The third-order valence-electron chi connectivity index (χ3n) is 3.78. The zero-order valence-electron chi connectivity index (χ0n) is 11.5. The van der Waals surface area contributed by atoms with Crippen LogP contribution in [0.25, 0.3) is 39.0 Å². The van der Waals surface area contributed by atoms with E-state index >= 15 is 0 Å². The molecule has 3 aromatic heterocycles. The van der Waals surface area contributed by atoms with E-state index in [9.17, 15) is 0 Å². The standard InChI is InChI=1S/C17H10N4O/c1-2-4-13-11(3-1)5-6-12-9-15(22-16(12)13)14-10-21-17(20-14)18-7-8-19-21/h1-10H. The third-order valence-corrected chi connectivity index (χ3v) is 3.78. The Morgan fingerprint density at radius 2 is 1.86 bits per heavy atom. The van der Waals surface area contributed by atoms with Crippen LogP contribution in [0.3, 0.4) is 0 Å². The molecule has 0 aliphatic carbocycles. The molecular formula is C17H10N4O. The van der Waals surface area contributed by atoms with Gasteiger partial charge in [0.2, 0.25) is 0 Å². The van der Waals surface area contributed by atoms with E-state index in [1.165, 1.54) is 0 Å². The predicted molar refractivity (Wildman–Crippen MR) is 83.5 cm³/mol. The molecule has 0 fully saturated rings. The van der Waals surface area contributed by atoms with Crippen molar-refractivity contribution in [2.24, 2.45) is 0 Å². The molecule has 5 rings (SSSR count). The third kappa shape index (κ3) is 1.56. The highest BCUT2D eigenvalue weighted by atomic mass is 16.3. The number of hydrogen-bond donors (Lipinski definition) is 0. The summed E-state index contributed by atoms with van der Waals surface area (Å²) in [7, 11) is 0. The number of fused-ring (bicyclic) bond motifs is 4. The molecule has 0 bridgehead atoms. The van der Waals surface area contributed by atoms with Crippen molar-refractivity contribution in [2.75, 3.05) is 0 Å². The van der Waals surface area contributed by atoms with Crippen molar-refractivity contribution in [3.05, 3.63) is 61.1 Å². The first-order valence-corrected chi connectivity index (χ1v) is 6.96. The summed E-state index contributed by atoms with van der Waals surface area (Å²) < 4.78 is 7.71. The summed E-state index contributed by atoms with van der Waals surface area (Å²) in [6.45, 7) is 0. The molecule has 0 saturated carbocycles. The fourth-order valence-electron chi connectivity index (χ4n) is 2.75. The van der Waals surface area contributed by atoms with E-state index in [2.05, 4.69) is 39.3 Å². The van der Waals surface area contributed by atoms with Crippen molar-refractivity contribution in [3.63, 3.8) is 0 Å². The van der Waals surface area contributed by atoms with Crippen molar-refractivity contribution in [1.29, 1.82) is 0 Å². The van der Waals surface area contributed by atoms with Crippen LogP contribution in [0.1, 0.15) is 0 Å². The Morgan fingerprint density at radius 3 is 2.82 bits per heavy atom. The molecular weight excluding hydrogens is 276 g/mol. The molecule has 5 heteroatoms. The molecule has 5 aromatic rings. The van der Waals surface area contributed by atoms with Crippen molar-refractivity contribution in [3.8, 4) is 11.5 Å². The van der Waals surface area contributed by atoms with Crippen LogP contribution in [-0.4, -0.2) is 19.6 Å².